The molecule has 0 aliphatic rings. The van der Waals surface area contributed by atoms with Crippen molar-refractivity contribution in [1.82, 2.24) is 4.98 Å². The molecule has 3 nitrogen and oxygen atoms in total. The zero-order valence-corrected chi connectivity index (χ0v) is 12.6. The molecular formula is C17H15ClN2O. The number of hydrogen-bond acceptors (Lipinski definition) is 2. The van der Waals surface area contributed by atoms with Crippen LogP contribution in [0.1, 0.15) is 16.7 Å². The highest BCUT2D eigenvalue weighted by molar-refractivity contribution is 6.31. The van der Waals surface area contributed by atoms with E-state index in [0.29, 0.717) is 10.6 Å². The van der Waals surface area contributed by atoms with Crippen molar-refractivity contribution >= 4 is 34.4 Å². The van der Waals surface area contributed by atoms with Gasteiger partial charge < -0.3 is 10.1 Å². The summed E-state index contributed by atoms with van der Waals surface area (Å²) in [4.78, 5) is 7.42. The number of benzene rings is 2. The van der Waals surface area contributed by atoms with E-state index in [1.165, 1.54) is 0 Å². The van der Waals surface area contributed by atoms with Gasteiger partial charge in [0.25, 0.3) is 0 Å². The molecule has 0 amide bonds. The zero-order valence-electron chi connectivity index (χ0n) is 11.8. The molecule has 1 aromatic heterocycles. The van der Waals surface area contributed by atoms with Gasteiger partial charge in [-0.05, 0) is 43.2 Å². The SMILES string of the molecule is Cc1ccc2c(C=Nc3cccc(Cl)c3C)c(O)[nH]c2c1. The van der Waals surface area contributed by atoms with E-state index in [-0.39, 0.29) is 5.88 Å². The summed E-state index contributed by atoms with van der Waals surface area (Å²) in [7, 11) is 0. The third-order valence-corrected chi connectivity index (χ3v) is 3.95. The molecule has 106 valence electrons. The monoisotopic (exact) mass is 298 g/mol. The van der Waals surface area contributed by atoms with Gasteiger partial charge in [0.05, 0.1) is 11.3 Å². The molecule has 3 rings (SSSR count). The van der Waals surface area contributed by atoms with E-state index in [0.717, 1.165) is 27.7 Å². The van der Waals surface area contributed by atoms with Crippen LogP contribution in [0.4, 0.5) is 5.69 Å². The van der Waals surface area contributed by atoms with Gasteiger partial charge >= 0.3 is 0 Å². The van der Waals surface area contributed by atoms with Gasteiger partial charge in [0.1, 0.15) is 0 Å². The number of aromatic amines is 1. The van der Waals surface area contributed by atoms with E-state index in [1.54, 1.807) is 6.21 Å². The Labute approximate surface area is 127 Å². The molecule has 2 aromatic carbocycles. The molecule has 2 N–H and O–H groups in total. The molecule has 1 heterocycles. The fourth-order valence-electron chi connectivity index (χ4n) is 2.32. The van der Waals surface area contributed by atoms with Crippen LogP contribution in [0.5, 0.6) is 5.88 Å². The maximum Gasteiger partial charge on any atom is 0.198 e. The number of nitrogens with zero attached hydrogens (tertiary/aromatic N) is 1. The average Bonchev–Trinajstić information content (AvgIpc) is 2.75. The lowest BCUT2D eigenvalue weighted by Gasteiger charge is -2.01. The van der Waals surface area contributed by atoms with Crippen molar-refractivity contribution in [3.63, 3.8) is 0 Å². The zero-order chi connectivity index (χ0) is 15.0. The molecule has 21 heavy (non-hydrogen) atoms. The second kappa shape index (κ2) is 5.26. The third kappa shape index (κ3) is 2.52. The van der Waals surface area contributed by atoms with Gasteiger partial charge in [-0.15, -0.1) is 0 Å². The van der Waals surface area contributed by atoms with Crippen LogP contribution in [0.3, 0.4) is 0 Å². The molecule has 0 atom stereocenters. The predicted molar refractivity (Wildman–Crippen MR) is 88.1 cm³/mol. The number of H-pyrrole nitrogens is 1. The first-order valence-electron chi connectivity index (χ1n) is 6.67. The molecule has 0 radical (unpaired) electrons. The van der Waals surface area contributed by atoms with Crippen LogP contribution in [0.15, 0.2) is 41.4 Å². The van der Waals surface area contributed by atoms with Crippen LogP contribution >= 0.6 is 11.6 Å². The Morgan fingerprint density at radius 1 is 1.19 bits per heavy atom. The van der Waals surface area contributed by atoms with Gasteiger partial charge in [-0.1, -0.05) is 29.8 Å². The molecule has 0 aliphatic heterocycles. The number of rotatable bonds is 2. The summed E-state index contributed by atoms with van der Waals surface area (Å²) in [6.45, 7) is 3.94. The quantitative estimate of drug-likeness (QED) is 0.650. The Hall–Kier alpha value is -2.26. The molecule has 0 fully saturated rings. The smallest absolute Gasteiger partial charge is 0.198 e. The highest BCUT2D eigenvalue weighted by Crippen LogP contribution is 2.29. The molecule has 0 unspecified atom stereocenters. The van der Waals surface area contributed by atoms with Crippen molar-refractivity contribution in [2.24, 2.45) is 4.99 Å². The normalized spacial score (nSPS) is 11.6. The van der Waals surface area contributed by atoms with E-state index < -0.39 is 0 Å². The Morgan fingerprint density at radius 2 is 2.00 bits per heavy atom. The number of fused-ring (bicyclic) bond motifs is 1. The first-order chi connectivity index (χ1) is 10.1. The standard InChI is InChI=1S/C17H15ClN2O/c1-10-6-7-12-13(17(21)20-16(12)8-10)9-19-15-5-3-4-14(18)11(15)2/h3-9,20-21H,1-2H3. The van der Waals surface area contributed by atoms with Gasteiger partial charge in [0.2, 0.25) is 0 Å². The van der Waals surface area contributed by atoms with Gasteiger partial charge in [-0.25, -0.2) is 0 Å². The van der Waals surface area contributed by atoms with Gasteiger partial charge in [-0.2, -0.15) is 0 Å². The highest BCUT2D eigenvalue weighted by atomic mass is 35.5. The summed E-state index contributed by atoms with van der Waals surface area (Å²) in [6.07, 6.45) is 1.67. The molecule has 3 aromatic rings. The van der Waals surface area contributed by atoms with Crippen molar-refractivity contribution in [2.75, 3.05) is 0 Å². The largest absolute Gasteiger partial charge is 0.494 e. The van der Waals surface area contributed by atoms with Crippen molar-refractivity contribution in [3.05, 3.63) is 58.1 Å². The molecule has 0 saturated carbocycles. The summed E-state index contributed by atoms with van der Waals surface area (Å²) in [5.41, 5.74) is 4.44. The second-order valence-electron chi connectivity index (χ2n) is 5.08. The molecule has 4 heteroatoms. The lowest BCUT2D eigenvalue weighted by atomic mass is 10.1. The van der Waals surface area contributed by atoms with Crippen LogP contribution in [0, 0.1) is 13.8 Å². The van der Waals surface area contributed by atoms with Crippen molar-refractivity contribution in [3.8, 4) is 5.88 Å². The topological polar surface area (TPSA) is 48.4 Å². The Morgan fingerprint density at radius 3 is 2.81 bits per heavy atom. The fraction of sp³-hybridized carbons (Fsp3) is 0.118. The average molecular weight is 299 g/mol. The summed E-state index contributed by atoms with van der Waals surface area (Å²) in [5.74, 6) is 0.124. The lowest BCUT2D eigenvalue weighted by molar-refractivity contribution is 0.457. The summed E-state index contributed by atoms with van der Waals surface area (Å²) >= 11 is 6.09. The first-order valence-corrected chi connectivity index (χ1v) is 7.04. The maximum atomic E-state index is 10.1. The van der Waals surface area contributed by atoms with Gasteiger partial charge in [0.15, 0.2) is 5.88 Å². The molecule has 0 spiro atoms. The van der Waals surface area contributed by atoms with Crippen LogP contribution in [-0.2, 0) is 0 Å². The van der Waals surface area contributed by atoms with E-state index in [1.807, 2.05) is 50.2 Å². The van der Waals surface area contributed by atoms with Crippen molar-refractivity contribution in [2.45, 2.75) is 13.8 Å². The summed E-state index contributed by atoms with van der Waals surface area (Å²) in [5, 5.41) is 11.7. The van der Waals surface area contributed by atoms with Crippen LogP contribution in [0.25, 0.3) is 10.9 Å². The Balaban J connectivity index is 2.07. The Bertz CT molecular complexity index is 849. The predicted octanol–water partition coefficient (Wildman–Crippen LogP) is 4.89. The maximum absolute atomic E-state index is 10.1. The number of aryl methyl sites for hydroxylation is 1. The second-order valence-corrected chi connectivity index (χ2v) is 5.49. The molecular weight excluding hydrogens is 284 g/mol. The lowest BCUT2D eigenvalue weighted by Crippen LogP contribution is -1.81. The van der Waals surface area contributed by atoms with Crippen molar-refractivity contribution in [1.29, 1.82) is 0 Å². The minimum Gasteiger partial charge on any atom is -0.494 e. The van der Waals surface area contributed by atoms with E-state index in [4.69, 9.17) is 11.6 Å². The van der Waals surface area contributed by atoms with Gasteiger partial charge in [-0.3, -0.25) is 4.99 Å². The molecule has 0 bridgehead atoms. The molecule has 0 aliphatic carbocycles. The van der Waals surface area contributed by atoms with Crippen LogP contribution in [0.2, 0.25) is 5.02 Å². The number of aromatic nitrogens is 1. The number of hydrogen-bond donors (Lipinski definition) is 2. The van der Waals surface area contributed by atoms with Crippen LogP contribution in [-0.4, -0.2) is 16.3 Å². The van der Waals surface area contributed by atoms with E-state index >= 15 is 0 Å². The fourth-order valence-corrected chi connectivity index (χ4v) is 2.49. The number of halogens is 1. The van der Waals surface area contributed by atoms with Crippen LogP contribution < -0.4 is 0 Å². The minimum absolute atomic E-state index is 0.124. The van der Waals surface area contributed by atoms with E-state index in [9.17, 15) is 5.11 Å². The Kier molecular flexibility index (Phi) is 3.43. The summed E-state index contributed by atoms with van der Waals surface area (Å²) in [6, 6.07) is 11.6. The van der Waals surface area contributed by atoms with E-state index in [2.05, 4.69) is 9.98 Å². The molecule has 0 saturated heterocycles. The first kappa shape index (κ1) is 13.7. The highest BCUT2D eigenvalue weighted by Gasteiger charge is 2.09. The van der Waals surface area contributed by atoms with Crippen molar-refractivity contribution < 1.29 is 5.11 Å². The minimum atomic E-state index is 0.124. The van der Waals surface area contributed by atoms with Gasteiger partial charge in [0, 0.05) is 22.1 Å². The summed E-state index contributed by atoms with van der Waals surface area (Å²) < 4.78 is 0. The number of aromatic hydroxyl groups is 1. The number of aliphatic imine (C=N–C) groups is 1. The third-order valence-electron chi connectivity index (χ3n) is 3.55. The number of nitrogens with one attached hydrogen (secondary N) is 1.